The van der Waals surface area contributed by atoms with Gasteiger partial charge >= 0.3 is 0 Å². The van der Waals surface area contributed by atoms with Crippen molar-refractivity contribution in [3.8, 4) is 0 Å². The van der Waals surface area contributed by atoms with E-state index in [9.17, 15) is 5.11 Å². The van der Waals surface area contributed by atoms with Crippen LogP contribution in [-0.4, -0.2) is 42.4 Å². The molecule has 0 heterocycles. The Bertz CT molecular complexity index is 305. The summed E-state index contributed by atoms with van der Waals surface area (Å²) in [6.45, 7) is 9.97. The van der Waals surface area contributed by atoms with E-state index >= 15 is 0 Å². The minimum absolute atomic E-state index is 0.179. The molecule has 1 unspecified atom stereocenters. The van der Waals surface area contributed by atoms with E-state index in [0.717, 1.165) is 11.0 Å². The van der Waals surface area contributed by atoms with Crippen molar-refractivity contribution in [3.63, 3.8) is 0 Å². The summed E-state index contributed by atoms with van der Waals surface area (Å²) in [5.41, 5.74) is 0. The third kappa shape index (κ3) is 21.2. The van der Waals surface area contributed by atoms with Crippen molar-refractivity contribution in [3.05, 3.63) is 0 Å². The lowest BCUT2D eigenvalue weighted by atomic mass is 10.1. The molecule has 182 valence electrons. The summed E-state index contributed by atoms with van der Waals surface area (Å²) in [6.07, 6.45) is 27.9. The molecule has 0 saturated carbocycles. The van der Waals surface area contributed by atoms with Crippen LogP contribution in [0.4, 0.5) is 0 Å². The Hall–Kier alpha value is -0.0800. The highest BCUT2D eigenvalue weighted by molar-refractivity contribution is 4.53. The largest absolute Gasteiger partial charge is 0.388 e. The molecule has 0 amide bonds. The molecule has 0 saturated heterocycles. The molecule has 0 fully saturated rings. The van der Waals surface area contributed by atoms with Crippen molar-refractivity contribution in [2.45, 2.75) is 155 Å². The van der Waals surface area contributed by atoms with E-state index in [0.29, 0.717) is 0 Å². The quantitative estimate of drug-likeness (QED) is 0.121. The molecule has 0 aromatic heterocycles. The van der Waals surface area contributed by atoms with Gasteiger partial charge in [-0.15, -0.1) is 0 Å². The number of hydrogen-bond donors (Lipinski definition) is 1. The van der Waals surface area contributed by atoms with Gasteiger partial charge in [-0.25, -0.2) is 0 Å². The minimum atomic E-state index is -0.179. The SMILES string of the molecule is CCCCCCCCCCCC[N+](C)(CCCCCCCCCCCC)CC(C)O. The summed E-state index contributed by atoms with van der Waals surface area (Å²) in [7, 11) is 2.38. The van der Waals surface area contributed by atoms with Gasteiger partial charge in [-0.1, -0.05) is 117 Å². The van der Waals surface area contributed by atoms with Gasteiger partial charge in [0.15, 0.2) is 0 Å². The molecule has 0 aliphatic carbocycles. The fourth-order valence-electron chi connectivity index (χ4n) is 4.89. The standard InChI is InChI=1S/C28H60NO/c1-5-7-9-11-13-15-17-19-21-23-25-29(4,27-28(3)30)26-24-22-20-18-16-14-12-10-8-6-2/h28,30H,5-27H2,1-4H3/q+1. The Balaban J connectivity index is 3.75. The van der Waals surface area contributed by atoms with Gasteiger partial charge in [0.1, 0.15) is 12.6 Å². The van der Waals surface area contributed by atoms with Crippen LogP contribution in [-0.2, 0) is 0 Å². The first-order valence-corrected chi connectivity index (χ1v) is 14.1. The number of unbranched alkanes of at least 4 members (excludes halogenated alkanes) is 18. The van der Waals surface area contributed by atoms with Crippen LogP contribution in [0.1, 0.15) is 149 Å². The number of likely N-dealkylation sites (N-methyl/N-ethyl adjacent to an activating group) is 1. The molecule has 0 aliphatic heterocycles. The number of aliphatic hydroxyl groups excluding tert-OH is 1. The highest BCUT2D eigenvalue weighted by atomic mass is 16.3. The maximum Gasteiger partial charge on any atom is 0.104 e. The molecule has 0 aromatic carbocycles. The molecule has 2 heteroatoms. The Morgan fingerprint density at radius 1 is 0.500 bits per heavy atom. The first-order chi connectivity index (χ1) is 14.5. The van der Waals surface area contributed by atoms with Gasteiger partial charge in [-0.05, 0) is 32.6 Å². The van der Waals surface area contributed by atoms with E-state index in [2.05, 4.69) is 20.9 Å². The number of aliphatic hydroxyl groups is 1. The lowest BCUT2D eigenvalue weighted by molar-refractivity contribution is -0.912. The van der Waals surface area contributed by atoms with E-state index in [4.69, 9.17) is 0 Å². The lowest BCUT2D eigenvalue weighted by Crippen LogP contribution is -2.49. The monoisotopic (exact) mass is 426 g/mol. The summed E-state index contributed by atoms with van der Waals surface area (Å²) < 4.78 is 1.08. The van der Waals surface area contributed by atoms with Gasteiger partial charge in [-0.2, -0.15) is 0 Å². The van der Waals surface area contributed by atoms with Crippen molar-refractivity contribution < 1.29 is 9.59 Å². The maximum absolute atomic E-state index is 10.00. The summed E-state index contributed by atoms with van der Waals surface area (Å²) in [5.74, 6) is 0. The Morgan fingerprint density at radius 3 is 1.03 bits per heavy atom. The molecule has 30 heavy (non-hydrogen) atoms. The summed E-state index contributed by atoms with van der Waals surface area (Å²) >= 11 is 0. The number of rotatable bonds is 24. The van der Waals surface area contributed by atoms with Crippen molar-refractivity contribution >= 4 is 0 Å². The Labute approximate surface area is 191 Å². The highest BCUT2D eigenvalue weighted by Crippen LogP contribution is 2.16. The van der Waals surface area contributed by atoms with Crippen molar-refractivity contribution in [2.24, 2.45) is 0 Å². The van der Waals surface area contributed by atoms with Gasteiger partial charge in [0, 0.05) is 0 Å². The lowest BCUT2D eigenvalue weighted by Gasteiger charge is -2.36. The van der Waals surface area contributed by atoms with Crippen LogP contribution in [0, 0.1) is 0 Å². The Kier molecular flexibility index (Phi) is 22.1. The third-order valence-electron chi connectivity index (χ3n) is 6.81. The number of quaternary nitrogens is 1. The average molecular weight is 427 g/mol. The molecule has 0 spiro atoms. The fraction of sp³-hybridized carbons (Fsp3) is 1.00. The smallest absolute Gasteiger partial charge is 0.104 e. The average Bonchev–Trinajstić information content (AvgIpc) is 2.70. The first kappa shape index (κ1) is 29.9. The first-order valence-electron chi connectivity index (χ1n) is 14.1. The second-order valence-corrected chi connectivity index (χ2v) is 10.5. The molecule has 0 rings (SSSR count). The second kappa shape index (κ2) is 22.1. The predicted octanol–water partition coefficient (Wildman–Crippen LogP) is 8.66. The van der Waals surface area contributed by atoms with E-state index in [1.807, 2.05) is 6.92 Å². The molecular formula is C28H60NO+. The summed E-state index contributed by atoms with van der Waals surface area (Å²) in [6, 6.07) is 0. The van der Waals surface area contributed by atoms with Gasteiger partial charge in [0.2, 0.25) is 0 Å². The van der Waals surface area contributed by atoms with E-state index in [-0.39, 0.29) is 6.10 Å². The van der Waals surface area contributed by atoms with Crippen LogP contribution >= 0.6 is 0 Å². The van der Waals surface area contributed by atoms with Crippen LogP contribution in [0.5, 0.6) is 0 Å². The minimum Gasteiger partial charge on any atom is -0.388 e. The third-order valence-corrected chi connectivity index (χ3v) is 6.81. The van der Waals surface area contributed by atoms with Crippen LogP contribution in [0.15, 0.2) is 0 Å². The molecule has 0 aromatic rings. The summed E-state index contributed by atoms with van der Waals surface area (Å²) in [5, 5.41) is 10.00. The van der Waals surface area contributed by atoms with Crippen LogP contribution < -0.4 is 0 Å². The fourth-order valence-corrected chi connectivity index (χ4v) is 4.89. The molecule has 0 aliphatic rings. The zero-order chi connectivity index (χ0) is 22.3. The zero-order valence-corrected chi connectivity index (χ0v) is 21.7. The summed E-state index contributed by atoms with van der Waals surface area (Å²) in [4.78, 5) is 0. The number of hydrogen-bond acceptors (Lipinski definition) is 1. The van der Waals surface area contributed by atoms with Crippen LogP contribution in [0.2, 0.25) is 0 Å². The Morgan fingerprint density at radius 2 is 0.767 bits per heavy atom. The van der Waals surface area contributed by atoms with Crippen molar-refractivity contribution in [2.75, 3.05) is 26.7 Å². The van der Waals surface area contributed by atoms with Crippen LogP contribution in [0.3, 0.4) is 0 Å². The highest BCUT2D eigenvalue weighted by Gasteiger charge is 2.22. The topological polar surface area (TPSA) is 20.2 Å². The predicted molar refractivity (Wildman–Crippen MR) is 136 cm³/mol. The van der Waals surface area contributed by atoms with Crippen molar-refractivity contribution in [1.29, 1.82) is 0 Å². The normalized spacial score (nSPS) is 13.1. The molecular weight excluding hydrogens is 366 g/mol. The zero-order valence-electron chi connectivity index (χ0n) is 21.7. The molecule has 0 bridgehead atoms. The van der Waals surface area contributed by atoms with Gasteiger partial charge < -0.3 is 9.59 Å². The molecule has 0 radical (unpaired) electrons. The number of nitrogens with zero attached hydrogens (tertiary/aromatic N) is 1. The van der Waals surface area contributed by atoms with E-state index < -0.39 is 0 Å². The second-order valence-electron chi connectivity index (χ2n) is 10.5. The van der Waals surface area contributed by atoms with Gasteiger partial charge in [-0.3, -0.25) is 0 Å². The van der Waals surface area contributed by atoms with Gasteiger partial charge in [0.05, 0.1) is 20.1 Å². The van der Waals surface area contributed by atoms with Crippen LogP contribution in [0.25, 0.3) is 0 Å². The molecule has 1 N–H and O–H groups in total. The van der Waals surface area contributed by atoms with Crippen molar-refractivity contribution in [1.82, 2.24) is 0 Å². The maximum atomic E-state index is 10.00. The molecule has 2 nitrogen and oxygen atoms in total. The van der Waals surface area contributed by atoms with E-state index in [1.54, 1.807) is 0 Å². The van der Waals surface area contributed by atoms with E-state index in [1.165, 1.54) is 142 Å². The molecule has 1 atom stereocenters. The van der Waals surface area contributed by atoms with Gasteiger partial charge in [0.25, 0.3) is 0 Å².